The van der Waals surface area contributed by atoms with Gasteiger partial charge in [-0.3, -0.25) is 4.55 Å². The Kier molecular flexibility index (Phi) is 7.46. The molecule has 0 aromatic heterocycles. The van der Waals surface area contributed by atoms with Gasteiger partial charge in [-0.2, -0.15) is 8.42 Å². The van der Waals surface area contributed by atoms with Gasteiger partial charge < -0.3 is 10.8 Å². The van der Waals surface area contributed by atoms with E-state index >= 15 is 0 Å². The SMILES string of the molecule is N[C@H]1CC[C@@H](c2ccc(Cl)c(Cl)c2)c2ccccc21.O=S(=O)(O)CCO. The average molecular weight is 418 g/mol. The summed E-state index contributed by atoms with van der Waals surface area (Å²) in [6, 6.07) is 14.5. The molecule has 0 spiro atoms. The van der Waals surface area contributed by atoms with Crippen LogP contribution in [0.2, 0.25) is 10.0 Å². The summed E-state index contributed by atoms with van der Waals surface area (Å²) in [4.78, 5) is 0. The lowest BCUT2D eigenvalue weighted by Gasteiger charge is -2.30. The van der Waals surface area contributed by atoms with Crippen LogP contribution >= 0.6 is 23.2 Å². The number of benzene rings is 2. The van der Waals surface area contributed by atoms with Crippen molar-refractivity contribution in [2.75, 3.05) is 12.4 Å². The zero-order chi connectivity index (χ0) is 19.3. The molecule has 8 heteroatoms. The molecule has 0 saturated heterocycles. The van der Waals surface area contributed by atoms with Gasteiger partial charge in [0.1, 0.15) is 0 Å². The molecule has 2 aromatic rings. The zero-order valence-electron chi connectivity index (χ0n) is 14.0. The summed E-state index contributed by atoms with van der Waals surface area (Å²) < 4.78 is 27.1. The maximum atomic E-state index is 9.63. The van der Waals surface area contributed by atoms with Crippen molar-refractivity contribution in [3.05, 3.63) is 69.2 Å². The highest BCUT2D eigenvalue weighted by Crippen LogP contribution is 2.41. The van der Waals surface area contributed by atoms with Crippen LogP contribution in [0.4, 0.5) is 0 Å². The molecule has 0 saturated carbocycles. The van der Waals surface area contributed by atoms with E-state index < -0.39 is 22.5 Å². The molecule has 2 aromatic carbocycles. The molecule has 5 nitrogen and oxygen atoms in total. The molecule has 0 unspecified atom stereocenters. The molecule has 0 amide bonds. The predicted octanol–water partition coefficient (Wildman–Crippen LogP) is 3.79. The fraction of sp³-hybridized carbons (Fsp3) is 0.333. The van der Waals surface area contributed by atoms with Crippen LogP contribution < -0.4 is 5.73 Å². The van der Waals surface area contributed by atoms with Gasteiger partial charge in [-0.1, -0.05) is 53.5 Å². The van der Waals surface area contributed by atoms with Gasteiger partial charge in [0.2, 0.25) is 0 Å². The van der Waals surface area contributed by atoms with Crippen LogP contribution in [-0.4, -0.2) is 30.4 Å². The normalized spacial score (nSPS) is 19.3. The van der Waals surface area contributed by atoms with E-state index in [2.05, 4.69) is 30.3 Å². The van der Waals surface area contributed by atoms with Crippen molar-refractivity contribution in [2.24, 2.45) is 5.73 Å². The Hall–Kier alpha value is -1.15. The first-order valence-electron chi connectivity index (χ1n) is 8.08. The molecule has 4 N–H and O–H groups in total. The highest BCUT2D eigenvalue weighted by Gasteiger charge is 2.26. The topological polar surface area (TPSA) is 101 Å². The van der Waals surface area contributed by atoms with Gasteiger partial charge in [0.05, 0.1) is 22.4 Å². The zero-order valence-corrected chi connectivity index (χ0v) is 16.3. The molecule has 3 rings (SSSR count). The summed E-state index contributed by atoms with van der Waals surface area (Å²) in [6.07, 6.45) is 2.05. The van der Waals surface area contributed by atoms with Crippen LogP contribution in [0.1, 0.15) is 41.5 Å². The quantitative estimate of drug-likeness (QED) is 0.659. The number of hydrogen-bond donors (Lipinski definition) is 3. The molecule has 2 atom stereocenters. The maximum absolute atomic E-state index is 9.63. The second kappa shape index (κ2) is 9.17. The Balaban J connectivity index is 0.000000298. The molecular formula is C18H21Cl2NO4S. The van der Waals surface area contributed by atoms with Crippen LogP contribution in [0.3, 0.4) is 0 Å². The summed E-state index contributed by atoms with van der Waals surface area (Å²) in [6.45, 7) is -0.529. The smallest absolute Gasteiger partial charge is 0.267 e. The second-order valence-electron chi connectivity index (χ2n) is 6.05. The first kappa shape index (κ1) is 21.2. The number of aliphatic hydroxyl groups is 1. The fourth-order valence-corrected chi connectivity index (χ4v) is 3.55. The fourth-order valence-electron chi connectivity index (χ4n) is 3.01. The first-order chi connectivity index (χ1) is 12.2. The Morgan fingerprint density at radius 1 is 1.04 bits per heavy atom. The third kappa shape index (κ3) is 5.67. The van der Waals surface area contributed by atoms with E-state index in [4.69, 9.17) is 38.6 Å². The van der Waals surface area contributed by atoms with Crippen LogP contribution in [0.15, 0.2) is 42.5 Å². The molecule has 0 fully saturated rings. The minimum absolute atomic E-state index is 0.148. The van der Waals surface area contributed by atoms with E-state index in [1.54, 1.807) is 0 Å². The van der Waals surface area contributed by atoms with E-state index in [1.807, 2.05) is 12.1 Å². The van der Waals surface area contributed by atoms with Gasteiger partial charge in [0.25, 0.3) is 10.1 Å². The predicted molar refractivity (Wildman–Crippen MR) is 104 cm³/mol. The van der Waals surface area contributed by atoms with E-state index in [0.717, 1.165) is 12.8 Å². The van der Waals surface area contributed by atoms with Crippen LogP contribution in [0.5, 0.6) is 0 Å². The lowest BCUT2D eigenvalue weighted by molar-refractivity contribution is 0.315. The molecule has 0 bridgehead atoms. The molecule has 0 heterocycles. The summed E-state index contributed by atoms with van der Waals surface area (Å²) in [5, 5.41) is 9.08. The van der Waals surface area contributed by atoms with Gasteiger partial charge in [0.15, 0.2) is 0 Å². The maximum Gasteiger partial charge on any atom is 0.267 e. The monoisotopic (exact) mass is 417 g/mol. The minimum atomic E-state index is -3.92. The van der Waals surface area contributed by atoms with Crippen LogP contribution in [0.25, 0.3) is 0 Å². The van der Waals surface area contributed by atoms with E-state index in [1.165, 1.54) is 16.7 Å². The van der Waals surface area contributed by atoms with Gasteiger partial charge in [-0.05, 0) is 41.7 Å². The number of nitrogens with two attached hydrogens (primary N) is 1. The number of fused-ring (bicyclic) bond motifs is 1. The minimum Gasteiger partial charge on any atom is -0.395 e. The Bertz CT molecular complexity index is 858. The van der Waals surface area contributed by atoms with Crippen LogP contribution in [0, 0.1) is 0 Å². The van der Waals surface area contributed by atoms with Crippen molar-refractivity contribution in [3.63, 3.8) is 0 Å². The van der Waals surface area contributed by atoms with Gasteiger partial charge in [-0.15, -0.1) is 0 Å². The highest BCUT2D eigenvalue weighted by atomic mass is 35.5. The van der Waals surface area contributed by atoms with Gasteiger partial charge in [0, 0.05) is 12.0 Å². The highest BCUT2D eigenvalue weighted by molar-refractivity contribution is 7.85. The summed E-state index contributed by atoms with van der Waals surface area (Å²) in [5.74, 6) is -0.210. The number of halogens is 2. The van der Waals surface area contributed by atoms with Crippen LogP contribution in [-0.2, 0) is 10.1 Å². The third-order valence-electron chi connectivity index (χ3n) is 4.23. The largest absolute Gasteiger partial charge is 0.395 e. The van der Waals surface area contributed by atoms with E-state index in [9.17, 15) is 8.42 Å². The summed E-state index contributed by atoms with van der Waals surface area (Å²) in [5.41, 5.74) is 9.98. The molecule has 0 radical (unpaired) electrons. The molecule has 142 valence electrons. The second-order valence-corrected chi connectivity index (χ2v) is 8.44. The molecule has 1 aliphatic rings. The van der Waals surface area contributed by atoms with Crippen molar-refractivity contribution in [1.29, 1.82) is 0 Å². The lowest BCUT2D eigenvalue weighted by Crippen LogP contribution is -2.20. The first-order valence-corrected chi connectivity index (χ1v) is 10.4. The molecule has 26 heavy (non-hydrogen) atoms. The van der Waals surface area contributed by atoms with Crippen molar-refractivity contribution < 1.29 is 18.1 Å². The van der Waals surface area contributed by atoms with Gasteiger partial charge in [-0.25, -0.2) is 0 Å². The van der Waals surface area contributed by atoms with E-state index in [0.29, 0.717) is 16.0 Å². The lowest BCUT2D eigenvalue weighted by atomic mass is 9.77. The molecule has 1 aliphatic carbocycles. The molecule has 0 aliphatic heterocycles. The van der Waals surface area contributed by atoms with Crippen molar-refractivity contribution in [2.45, 2.75) is 24.8 Å². The third-order valence-corrected chi connectivity index (χ3v) is 5.67. The van der Waals surface area contributed by atoms with Crippen molar-refractivity contribution in [3.8, 4) is 0 Å². The Morgan fingerprint density at radius 3 is 2.23 bits per heavy atom. The number of rotatable bonds is 3. The van der Waals surface area contributed by atoms with E-state index in [-0.39, 0.29) is 6.04 Å². The number of aliphatic hydroxyl groups excluding tert-OH is 1. The average Bonchev–Trinajstić information content (AvgIpc) is 2.58. The van der Waals surface area contributed by atoms with Crippen molar-refractivity contribution in [1.82, 2.24) is 0 Å². The van der Waals surface area contributed by atoms with Gasteiger partial charge >= 0.3 is 0 Å². The molecular weight excluding hydrogens is 397 g/mol. The Morgan fingerprint density at radius 2 is 1.69 bits per heavy atom. The summed E-state index contributed by atoms with van der Waals surface area (Å²) in [7, 11) is -3.92. The standard InChI is InChI=1S/C16H15Cl2N.C2H6O4S/c17-14-7-5-10(9-15(14)18)11-6-8-16(19)13-4-2-1-3-12(11)13;3-1-2-7(4,5)6/h1-5,7,9,11,16H,6,8,19H2;3H,1-2H2,(H,4,5,6)/t11-,16-;/m0./s1. The number of hydrogen-bond acceptors (Lipinski definition) is 4. The summed E-state index contributed by atoms with van der Waals surface area (Å²) >= 11 is 12.1. The van der Waals surface area contributed by atoms with Crippen molar-refractivity contribution >= 4 is 33.3 Å². The Labute approximate surface area is 163 Å².